The molecule has 7 nitrogen and oxygen atoms in total. The SMILES string of the molecule is NNc1ccc([N+](=O)[O-])c(NCC2CCCCC2)n1. The second-order valence-electron chi connectivity index (χ2n) is 4.85. The number of anilines is 2. The van der Waals surface area contributed by atoms with E-state index in [9.17, 15) is 10.1 Å². The highest BCUT2D eigenvalue weighted by Gasteiger charge is 2.18. The highest BCUT2D eigenvalue weighted by Crippen LogP contribution is 2.27. The number of rotatable bonds is 5. The molecule has 0 amide bonds. The molecule has 7 heteroatoms. The Bertz CT molecular complexity index is 446. The molecule has 0 radical (unpaired) electrons. The largest absolute Gasteiger partial charge is 0.364 e. The number of nitrogens with one attached hydrogen (secondary N) is 2. The quantitative estimate of drug-likeness (QED) is 0.428. The van der Waals surface area contributed by atoms with Crippen LogP contribution in [-0.4, -0.2) is 16.5 Å². The molecule has 0 unspecified atom stereocenters. The van der Waals surface area contributed by atoms with Gasteiger partial charge in [-0.1, -0.05) is 19.3 Å². The normalized spacial score (nSPS) is 16.1. The van der Waals surface area contributed by atoms with Gasteiger partial charge in [-0.3, -0.25) is 10.1 Å². The number of nitrogen functional groups attached to an aromatic ring is 1. The Balaban J connectivity index is 2.06. The van der Waals surface area contributed by atoms with Gasteiger partial charge >= 0.3 is 5.69 Å². The van der Waals surface area contributed by atoms with Crippen LogP contribution in [0.2, 0.25) is 0 Å². The van der Waals surface area contributed by atoms with Crippen LogP contribution in [0.3, 0.4) is 0 Å². The maximum absolute atomic E-state index is 10.9. The van der Waals surface area contributed by atoms with Crippen LogP contribution >= 0.6 is 0 Å². The molecule has 0 saturated heterocycles. The van der Waals surface area contributed by atoms with Crippen LogP contribution in [0.25, 0.3) is 0 Å². The van der Waals surface area contributed by atoms with Crippen LogP contribution in [0, 0.1) is 16.0 Å². The molecule has 1 saturated carbocycles. The number of pyridine rings is 1. The fourth-order valence-electron chi connectivity index (χ4n) is 2.44. The standard InChI is InChI=1S/C12H19N5O2/c13-16-11-7-6-10(17(18)19)12(15-11)14-8-9-4-2-1-3-5-9/h6-7,9H,1-5,8,13H2,(H2,14,15,16). The summed E-state index contributed by atoms with van der Waals surface area (Å²) in [5.74, 6) is 6.54. The lowest BCUT2D eigenvalue weighted by atomic mass is 9.89. The van der Waals surface area contributed by atoms with E-state index in [2.05, 4.69) is 15.7 Å². The number of hydrogen-bond acceptors (Lipinski definition) is 6. The molecular formula is C12H19N5O2. The average Bonchev–Trinajstić information content (AvgIpc) is 2.45. The van der Waals surface area contributed by atoms with Crippen LogP contribution in [-0.2, 0) is 0 Å². The molecule has 0 spiro atoms. The van der Waals surface area contributed by atoms with E-state index in [-0.39, 0.29) is 11.5 Å². The van der Waals surface area contributed by atoms with Crippen molar-refractivity contribution in [3.8, 4) is 0 Å². The van der Waals surface area contributed by atoms with Crippen molar-refractivity contribution in [2.24, 2.45) is 11.8 Å². The van der Waals surface area contributed by atoms with Crippen LogP contribution in [0.1, 0.15) is 32.1 Å². The van der Waals surface area contributed by atoms with Crippen molar-refractivity contribution in [2.45, 2.75) is 32.1 Å². The Morgan fingerprint density at radius 3 is 2.74 bits per heavy atom. The summed E-state index contributed by atoms with van der Waals surface area (Å²) >= 11 is 0. The van der Waals surface area contributed by atoms with Gasteiger partial charge in [-0.15, -0.1) is 0 Å². The first-order valence-corrected chi connectivity index (χ1v) is 6.56. The van der Waals surface area contributed by atoms with E-state index in [0.29, 0.717) is 11.7 Å². The third-order valence-corrected chi connectivity index (χ3v) is 3.50. The molecule has 1 aliphatic carbocycles. The number of hydrogen-bond donors (Lipinski definition) is 3. The fourth-order valence-corrected chi connectivity index (χ4v) is 2.44. The van der Waals surface area contributed by atoms with Gasteiger partial charge < -0.3 is 10.7 Å². The minimum atomic E-state index is -0.434. The lowest BCUT2D eigenvalue weighted by Gasteiger charge is -2.21. The molecule has 1 aromatic rings. The molecule has 0 atom stereocenters. The number of nitrogens with zero attached hydrogens (tertiary/aromatic N) is 2. The van der Waals surface area contributed by atoms with Gasteiger partial charge in [-0.2, -0.15) is 0 Å². The fraction of sp³-hybridized carbons (Fsp3) is 0.583. The summed E-state index contributed by atoms with van der Waals surface area (Å²) in [6, 6.07) is 2.90. The molecule has 0 aliphatic heterocycles. The van der Waals surface area contributed by atoms with E-state index >= 15 is 0 Å². The molecule has 4 N–H and O–H groups in total. The molecule has 1 aliphatic rings. The Morgan fingerprint density at radius 2 is 2.11 bits per heavy atom. The predicted molar refractivity (Wildman–Crippen MR) is 73.8 cm³/mol. The number of hydrazine groups is 1. The Hall–Kier alpha value is -1.89. The summed E-state index contributed by atoms with van der Waals surface area (Å²) in [7, 11) is 0. The molecule has 1 fully saturated rings. The first-order valence-electron chi connectivity index (χ1n) is 6.56. The average molecular weight is 265 g/mol. The minimum absolute atomic E-state index is 0.0187. The summed E-state index contributed by atoms with van der Waals surface area (Å²) in [4.78, 5) is 14.6. The highest BCUT2D eigenvalue weighted by atomic mass is 16.6. The topological polar surface area (TPSA) is 106 Å². The van der Waals surface area contributed by atoms with E-state index in [1.807, 2.05) is 0 Å². The van der Waals surface area contributed by atoms with E-state index in [4.69, 9.17) is 5.84 Å². The zero-order valence-corrected chi connectivity index (χ0v) is 10.8. The third kappa shape index (κ3) is 3.54. The zero-order valence-electron chi connectivity index (χ0n) is 10.8. The van der Waals surface area contributed by atoms with Crippen LogP contribution in [0.4, 0.5) is 17.3 Å². The van der Waals surface area contributed by atoms with Crippen molar-refractivity contribution in [1.82, 2.24) is 4.98 Å². The molecular weight excluding hydrogens is 246 g/mol. The van der Waals surface area contributed by atoms with Gasteiger partial charge in [0, 0.05) is 12.6 Å². The lowest BCUT2D eigenvalue weighted by Crippen LogP contribution is -2.19. The lowest BCUT2D eigenvalue weighted by molar-refractivity contribution is -0.384. The van der Waals surface area contributed by atoms with Gasteiger partial charge in [0.2, 0.25) is 5.82 Å². The van der Waals surface area contributed by atoms with Gasteiger partial charge in [0.15, 0.2) is 0 Å². The van der Waals surface area contributed by atoms with Gasteiger partial charge in [0.25, 0.3) is 0 Å². The molecule has 19 heavy (non-hydrogen) atoms. The first-order chi connectivity index (χ1) is 9.20. The third-order valence-electron chi connectivity index (χ3n) is 3.50. The van der Waals surface area contributed by atoms with Crippen molar-refractivity contribution in [1.29, 1.82) is 0 Å². The van der Waals surface area contributed by atoms with Crippen LogP contribution in [0.15, 0.2) is 12.1 Å². The smallest absolute Gasteiger partial charge is 0.311 e. The monoisotopic (exact) mass is 265 g/mol. The van der Waals surface area contributed by atoms with Gasteiger partial charge in [0.1, 0.15) is 5.82 Å². The highest BCUT2D eigenvalue weighted by molar-refractivity contribution is 5.59. The van der Waals surface area contributed by atoms with E-state index in [0.717, 1.165) is 6.54 Å². The Kier molecular flexibility index (Phi) is 4.51. The summed E-state index contributed by atoms with van der Waals surface area (Å²) in [5, 5.41) is 14.0. The van der Waals surface area contributed by atoms with Crippen molar-refractivity contribution in [3.05, 3.63) is 22.2 Å². The molecule has 104 valence electrons. The van der Waals surface area contributed by atoms with Gasteiger partial charge in [0.05, 0.1) is 4.92 Å². The summed E-state index contributed by atoms with van der Waals surface area (Å²) in [5.41, 5.74) is 2.38. The number of nitro groups is 1. The van der Waals surface area contributed by atoms with Crippen molar-refractivity contribution >= 4 is 17.3 Å². The van der Waals surface area contributed by atoms with Crippen molar-refractivity contribution in [2.75, 3.05) is 17.3 Å². The number of aromatic nitrogens is 1. The maximum atomic E-state index is 10.9. The zero-order chi connectivity index (χ0) is 13.7. The molecule has 1 heterocycles. The van der Waals surface area contributed by atoms with Crippen LogP contribution < -0.4 is 16.6 Å². The molecule has 2 rings (SSSR count). The van der Waals surface area contributed by atoms with E-state index in [1.165, 1.54) is 44.2 Å². The van der Waals surface area contributed by atoms with Gasteiger partial charge in [-0.05, 0) is 24.8 Å². The van der Waals surface area contributed by atoms with E-state index in [1.54, 1.807) is 0 Å². The van der Waals surface area contributed by atoms with Crippen molar-refractivity contribution in [3.63, 3.8) is 0 Å². The van der Waals surface area contributed by atoms with Crippen molar-refractivity contribution < 1.29 is 4.92 Å². The molecule has 1 aromatic heterocycles. The Morgan fingerprint density at radius 1 is 1.37 bits per heavy atom. The van der Waals surface area contributed by atoms with E-state index < -0.39 is 4.92 Å². The second kappa shape index (κ2) is 6.33. The minimum Gasteiger partial charge on any atom is -0.364 e. The summed E-state index contributed by atoms with van der Waals surface area (Å²) < 4.78 is 0. The van der Waals surface area contributed by atoms with Gasteiger partial charge in [-0.25, -0.2) is 10.8 Å². The first kappa shape index (κ1) is 13.5. The number of nitrogens with two attached hydrogens (primary N) is 1. The van der Waals surface area contributed by atoms with Crippen LogP contribution in [0.5, 0.6) is 0 Å². The second-order valence-corrected chi connectivity index (χ2v) is 4.85. The molecule has 0 bridgehead atoms. The maximum Gasteiger partial charge on any atom is 0.311 e. The molecule has 0 aromatic carbocycles. The summed E-state index contributed by atoms with van der Waals surface area (Å²) in [6.45, 7) is 0.724. The Labute approximate surface area is 111 Å². The summed E-state index contributed by atoms with van der Waals surface area (Å²) in [6.07, 6.45) is 6.13. The predicted octanol–water partition coefficient (Wildman–Crippen LogP) is 2.27.